The number of carboxylic acid groups (broad SMARTS) is 1. The van der Waals surface area contributed by atoms with Crippen molar-refractivity contribution in [3.05, 3.63) is 26.9 Å². The maximum absolute atomic E-state index is 11.1. The molecule has 17 heavy (non-hydrogen) atoms. The lowest BCUT2D eigenvalue weighted by molar-refractivity contribution is -0.148. The number of hydrogen-bond donors (Lipinski definition) is 2. The van der Waals surface area contributed by atoms with Gasteiger partial charge in [-0.15, -0.1) is 0 Å². The number of hydrogen-bond acceptors (Lipinski definition) is 3. The Hall–Kier alpha value is -0.460. The standard InChI is InChI=1S/C11H13Br2NO3/c1-5(2)8(11(16)17)10(15)9-7(13)3-6(12)4-14-9/h3-5,8,10,15H,1-2H3,(H,16,17). The van der Waals surface area contributed by atoms with E-state index in [1.54, 1.807) is 19.9 Å². The molecule has 0 bridgehead atoms. The van der Waals surface area contributed by atoms with Crippen molar-refractivity contribution in [3.63, 3.8) is 0 Å². The maximum atomic E-state index is 11.1. The summed E-state index contributed by atoms with van der Waals surface area (Å²) in [5.41, 5.74) is 0.342. The SMILES string of the molecule is CC(C)C(C(=O)O)C(O)c1ncc(Br)cc1Br. The number of carboxylic acids is 1. The fraction of sp³-hybridized carbons (Fsp3) is 0.455. The second-order valence-electron chi connectivity index (χ2n) is 4.07. The Morgan fingerprint density at radius 1 is 1.41 bits per heavy atom. The summed E-state index contributed by atoms with van der Waals surface area (Å²) in [7, 11) is 0. The summed E-state index contributed by atoms with van der Waals surface area (Å²) in [5, 5.41) is 19.2. The second kappa shape index (κ2) is 5.93. The molecule has 1 aromatic heterocycles. The average Bonchev–Trinajstić information content (AvgIpc) is 2.15. The predicted octanol–water partition coefficient (Wildman–Crippen LogP) is 3.00. The van der Waals surface area contributed by atoms with Gasteiger partial charge in [0.25, 0.3) is 0 Å². The first-order valence-electron chi connectivity index (χ1n) is 5.06. The van der Waals surface area contributed by atoms with Gasteiger partial charge in [-0.25, -0.2) is 0 Å². The van der Waals surface area contributed by atoms with E-state index in [2.05, 4.69) is 36.8 Å². The first kappa shape index (κ1) is 14.6. The number of halogens is 2. The van der Waals surface area contributed by atoms with Crippen LogP contribution < -0.4 is 0 Å². The topological polar surface area (TPSA) is 70.4 Å². The molecule has 0 fully saturated rings. The zero-order valence-electron chi connectivity index (χ0n) is 9.39. The fourth-order valence-electron chi connectivity index (χ4n) is 1.60. The van der Waals surface area contributed by atoms with Crippen LogP contribution in [0.5, 0.6) is 0 Å². The highest BCUT2D eigenvalue weighted by Crippen LogP contribution is 2.32. The highest BCUT2D eigenvalue weighted by molar-refractivity contribution is 9.11. The van der Waals surface area contributed by atoms with E-state index in [0.29, 0.717) is 10.2 Å². The second-order valence-corrected chi connectivity index (χ2v) is 5.84. The molecule has 0 saturated heterocycles. The lowest BCUT2D eigenvalue weighted by atomic mass is 9.88. The molecular formula is C11H13Br2NO3. The molecule has 2 N–H and O–H groups in total. The van der Waals surface area contributed by atoms with Crippen molar-refractivity contribution in [3.8, 4) is 0 Å². The highest BCUT2D eigenvalue weighted by Gasteiger charge is 2.32. The van der Waals surface area contributed by atoms with Crippen LogP contribution >= 0.6 is 31.9 Å². The van der Waals surface area contributed by atoms with Crippen LogP contribution in [0.1, 0.15) is 25.6 Å². The highest BCUT2D eigenvalue weighted by atomic mass is 79.9. The number of aliphatic hydroxyl groups excluding tert-OH is 1. The molecular weight excluding hydrogens is 354 g/mol. The van der Waals surface area contributed by atoms with Crippen LogP contribution in [0.2, 0.25) is 0 Å². The van der Waals surface area contributed by atoms with Crippen molar-refractivity contribution >= 4 is 37.8 Å². The smallest absolute Gasteiger partial charge is 0.309 e. The number of pyridine rings is 1. The van der Waals surface area contributed by atoms with E-state index in [0.717, 1.165) is 4.47 Å². The van der Waals surface area contributed by atoms with Gasteiger partial charge in [0.05, 0.1) is 11.6 Å². The molecule has 2 unspecified atom stereocenters. The monoisotopic (exact) mass is 365 g/mol. The van der Waals surface area contributed by atoms with Crippen molar-refractivity contribution in [2.75, 3.05) is 0 Å². The van der Waals surface area contributed by atoms with Crippen LogP contribution in [-0.4, -0.2) is 21.2 Å². The average molecular weight is 367 g/mol. The number of aromatic nitrogens is 1. The molecule has 0 spiro atoms. The Bertz CT molecular complexity index is 423. The van der Waals surface area contributed by atoms with Gasteiger partial charge in [-0.05, 0) is 43.8 Å². The molecule has 1 rings (SSSR count). The first-order valence-corrected chi connectivity index (χ1v) is 6.65. The molecule has 94 valence electrons. The largest absolute Gasteiger partial charge is 0.481 e. The summed E-state index contributed by atoms with van der Waals surface area (Å²) in [6.45, 7) is 3.52. The first-order chi connectivity index (χ1) is 7.84. The van der Waals surface area contributed by atoms with Gasteiger partial charge in [-0.1, -0.05) is 13.8 Å². The summed E-state index contributed by atoms with van der Waals surface area (Å²) in [5.74, 6) is -2.08. The van der Waals surface area contributed by atoms with E-state index in [4.69, 9.17) is 5.11 Å². The zero-order chi connectivity index (χ0) is 13.2. The van der Waals surface area contributed by atoms with Crippen LogP contribution in [-0.2, 0) is 4.79 Å². The van der Waals surface area contributed by atoms with Gasteiger partial charge in [-0.2, -0.15) is 0 Å². The van der Waals surface area contributed by atoms with E-state index in [1.165, 1.54) is 6.20 Å². The normalized spacial score (nSPS) is 14.7. The molecule has 6 heteroatoms. The number of nitrogens with zero attached hydrogens (tertiary/aromatic N) is 1. The van der Waals surface area contributed by atoms with Crippen molar-refractivity contribution in [2.24, 2.45) is 11.8 Å². The number of aliphatic hydroxyl groups is 1. The van der Waals surface area contributed by atoms with Crippen LogP contribution in [0.4, 0.5) is 0 Å². The number of carbonyl (C=O) groups is 1. The third-order valence-electron chi connectivity index (χ3n) is 2.46. The minimum atomic E-state index is -1.13. The minimum Gasteiger partial charge on any atom is -0.481 e. The third-order valence-corrected chi connectivity index (χ3v) is 3.53. The van der Waals surface area contributed by atoms with E-state index < -0.39 is 18.0 Å². The summed E-state index contributed by atoms with van der Waals surface area (Å²) in [6.07, 6.45) is 0.401. The molecule has 0 radical (unpaired) electrons. The summed E-state index contributed by atoms with van der Waals surface area (Å²) >= 11 is 6.52. The molecule has 0 aliphatic carbocycles. The molecule has 4 nitrogen and oxygen atoms in total. The van der Waals surface area contributed by atoms with Crippen LogP contribution in [0.3, 0.4) is 0 Å². The molecule has 0 aromatic carbocycles. The summed E-state index contributed by atoms with van der Waals surface area (Å²) in [4.78, 5) is 15.2. The van der Waals surface area contributed by atoms with E-state index >= 15 is 0 Å². The summed E-state index contributed by atoms with van der Waals surface area (Å²) in [6, 6.07) is 1.73. The van der Waals surface area contributed by atoms with Gasteiger partial charge in [0.1, 0.15) is 6.10 Å². The lowest BCUT2D eigenvalue weighted by Crippen LogP contribution is -2.27. The molecule has 0 aliphatic rings. The quantitative estimate of drug-likeness (QED) is 0.859. The van der Waals surface area contributed by atoms with Gasteiger partial charge in [0.15, 0.2) is 0 Å². The molecule has 0 saturated carbocycles. The summed E-state index contributed by atoms with van der Waals surface area (Å²) < 4.78 is 1.35. The zero-order valence-corrected chi connectivity index (χ0v) is 12.6. The maximum Gasteiger partial charge on any atom is 0.309 e. The van der Waals surface area contributed by atoms with E-state index in [9.17, 15) is 9.90 Å². The Morgan fingerprint density at radius 2 is 2.00 bits per heavy atom. The van der Waals surface area contributed by atoms with Crippen molar-refractivity contribution in [1.29, 1.82) is 0 Å². The van der Waals surface area contributed by atoms with Gasteiger partial charge >= 0.3 is 5.97 Å². The van der Waals surface area contributed by atoms with Crippen LogP contribution in [0.15, 0.2) is 21.2 Å². The lowest BCUT2D eigenvalue weighted by Gasteiger charge is -2.22. The molecule has 2 atom stereocenters. The van der Waals surface area contributed by atoms with Crippen LogP contribution in [0, 0.1) is 11.8 Å². The van der Waals surface area contributed by atoms with Gasteiger partial charge in [0.2, 0.25) is 0 Å². The van der Waals surface area contributed by atoms with Gasteiger partial charge < -0.3 is 10.2 Å². The number of rotatable bonds is 4. The van der Waals surface area contributed by atoms with Crippen LogP contribution in [0.25, 0.3) is 0 Å². The third kappa shape index (κ3) is 3.50. The Morgan fingerprint density at radius 3 is 2.41 bits per heavy atom. The number of aliphatic carboxylic acids is 1. The predicted molar refractivity (Wildman–Crippen MR) is 70.6 cm³/mol. The molecule has 0 aliphatic heterocycles. The Balaban J connectivity index is 3.09. The van der Waals surface area contributed by atoms with Gasteiger partial charge in [-0.3, -0.25) is 9.78 Å². The fourth-order valence-corrected chi connectivity index (χ4v) is 2.82. The molecule has 1 aromatic rings. The Kier molecular flexibility index (Phi) is 5.09. The van der Waals surface area contributed by atoms with E-state index in [1.807, 2.05) is 0 Å². The molecule has 1 heterocycles. The van der Waals surface area contributed by atoms with Crippen molar-refractivity contribution in [2.45, 2.75) is 20.0 Å². The minimum absolute atomic E-state index is 0.181. The van der Waals surface area contributed by atoms with Gasteiger partial charge in [0, 0.05) is 15.1 Å². The Labute approximate surface area is 116 Å². The van der Waals surface area contributed by atoms with Crippen molar-refractivity contribution < 1.29 is 15.0 Å². The van der Waals surface area contributed by atoms with E-state index in [-0.39, 0.29) is 5.92 Å². The molecule has 0 amide bonds. The van der Waals surface area contributed by atoms with Crippen molar-refractivity contribution in [1.82, 2.24) is 4.98 Å².